The Kier molecular flexibility index (Phi) is 64.9. The summed E-state index contributed by atoms with van der Waals surface area (Å²) in [5.74, 6) is -0.994. The summed E-state index contributed by atoms with van der Waals surface area (Å²) in [5.41, 5.74) is 0. The maximum Gasteiger partial charge on any atom is 0.306 e. The van der Waals surface area contributed by atoms with E-state index < -0.39 is 6.10 Å². The molecule has 1 unspecified atom stereocenters. The summed E-state index contributed by atoms with van der Waals surface area (Å²) < 4.78 is 16.9. The molecule has 0 spiro atoms. The van der Waals surface area contributed by atoms with E-state index in [-0.39, 0.29) is 37.5 Å². The van der Waals surface area contributed by atoms with Crippen LogP contribution in [-0.4, -0.2) is 37.2 Å². The van der Waals surface area contributed by atoms with Gasteiger partial charge in [0.05, 0.1) is 0 Å². The van der Waals surface area contributed by atoms with Crippen LogP contribution in [0.15, 0.2) is 170 Å². The Morgan fingerprint density at radius 1 is 0.253 bits per heavy atom. The van der Waals surface area contributed by atoms with Crippen LogP contribution in [0.5, 0.6) is 0 Å². The van der Waals surface area contributed by atoms with Crippen molar-refractivity contribution in [3.8, 4) is 0 Å². The number of carbonyl (C=O) groups is 3. The average molecular weight is 1140 g/mol. The lowest BCUT2D eigenvalue weighted by Gasteiger charge is -2.18. The van der Waals surface area contributed by atoms with Gasteiger partial charge in [0.1, 0.15) is 13.2 Å². The first-order valence-electron chi connectivity index (χ1n) is 33.6. The smallest absolute Gasteiger partial charge is 0.306 e. The summed E-state index contributed by atoms with van der Waals surface area (Å²) in [4.78, 5) is 38.4. The fourth-order valence-electron chi connectivity index (χ4n) is 8.72. The molecular formula is C77H122O6. The van der Waals surface area contributed by atoms with Crippen molar-refractivity contribution in [2.45, 2.75) is 284 Å². The molecule has 0 amide bonds. The van der Waals surface area contributed by atoms with Crippen LogP contribution in [0.3, 0.4) is 0 Å². The zero-order valence-corrected chi connectivity index (χ0v) is 53.4. The molecule has 6 heteroatoms. The molecule has 0 aromatic rings. The minimum absolute atomic E-state index is 0.114. The van der Waals surface area contributed by atoms with Gasteiger partial charge in [-0.2, -0.15) is 0 Å². The van der Waals surface area contributed by atoms with Crippen molar-refractivity contribution in [2.75, 3.05) is 13.2 Å². The quantitative estimate of drug-likeness (QED) is 0.0261. The lowest BCUT2D eigenvalue weighted by Crippen LogP contribution is -2.30. The molecular weight excluding hydrogens is 1020 g/mol. The molecule has 83 heavy (non-hydrogen) atoms. The number of hydrogen-bond acceptors (Lipinski definition) is 6. The molecule has 0 saturated carbocycles. The predicted molar refractivity (Wildman–Crippen MR) is 361 cm³/mol. The summed E-state index contributed by atoms with van der Waals surface area (Å²) in [6.45, 7) is 6.35. The van der Waals surface area contributed by atoms with Crippen LogP contribution in [-0.2, 0) is 28.6 Å². The normalized spacial score (nSPS) is 13.2. The van der Waals surface area contributed by atoms with E-state index in [9.17, 15) is 14.4 Å². The number of hydrogen-bond donors (Lipinski definition) is 0. The molecule has 1 atom stereocenters. The summed E-state index contributed by atoms with van der Waals surface area (Å²) >= 11 is 0. The molecule has 0 N–H and O–H groups in total. The van der Waals surface area contributed by atoms with Crippen molar-refractivity contribution in [1.82, 2.24) is 0 Å². The highest BCUT2D eigenvalue weighted by atomic mass is 16.6. The monoisotopic (exact) mass is 1140 g/mol. The van der Waals surface area contributed by atoms with Gasteiger partial charge in [0.2, 0.25) is 0 Å². The third kappa shape index (κ3) is 67.4. The largest absolute Gasteiger partial charge is 0.462 e. The second-order valence-corrected chi connectivity index (χ2v) is 21.6. The fourth-order valence-corrected chi connectivity index (χ4v) is 8.72. The molecule has 466 valence electrons. The number of ether oxygens (including phenoxy) is 3. The van der Waals surface area contributed by atoms with E-state index in [0.717, 1.165) is 141 Å². The molecule has 0 radical (unpaired) electrons. The molecule has 0 aromatic heterocycles. The minimum Gasteiger partial charge on any atom is -0.462 e. The maximum absolute atomic E-state index is 12.9. The molecule has 0 rings (SSSR count). The van der Waals surface area contributed by atoms with Crippen LogP contribution in [0.2, 0.25) is 0 Å². The van der Waals surface area contributed by atoms with Gasteiger partial charge in [-0.15, -0.1) is 0 Å². The molecule has 0 aromatic carbocycles. The van der Waals surface area contributed by atoms with Crippen LogP contribution in [0, 0.1) is 0 Å². The number of esters is 3. The highest BCUT2D eigenvalue weighted by molar-refractivity contribution is 5.71. The second-order valence-electron chi connectivity index (χ2n) is 21.6. The Bertz CT molecular complexity index is 1890. The molecule has 0 fully saturated rings. The summed E-state index contributed by atoms with van der Waals surface area (Å²) in [5, 5.41) is 0. The van der Waals surface area contributed by atoms with E-state index in [2.05, 4.69) is 191 Å². The SMILES string of the molecule is CC/C=C\C/C=C\C/C=C\C/C=C\C/C=C\C/C=C\C/C=C\C/C=C\CCCCCCCCC(=O)OCC(COC(=O)CCCCCCCCC/C=C\CCCCCCCC)OC(=O)CCC/C=C\C/C=C\C/C=C\C/C=C\C/C=C\CC. The summed E-state index contributed by atoms with van der Waals surface area (Å²) in [7, 11) is 0. The maximum atomic E-state index is 12.9. The number of allylic oxidation sites excluding steroid dienone is 28. The summed E-state index contributed by atoms with van der Waals surface area (Å²) in [6.07, 6.45) is 102. The fraction of sp³-hybridized carbons (Fsp3) is 0.597. The summed E-state index contributed by atoms with van der Waals surface area (Å²) in [6, 6.07) is 0. The topological polar surface area (TPSA) is 78.9 Å². The van der Waals surface area contributed by atoms with Gasteiger partial charge >= 0.3 is 17.9 Å². The van der Waals surface area contributed by atoms with E-state index in [4.69, 9.17) is 14.2 Å². The van der Waals surface area contributed by atoms with Gasteiger partial charge in [-0.05, 0) is 148 Å². The van der Waals surface area contributed by atoms with Crippen LogP contribution in [0.4, 0.5) is 0 Å². The number of unbranched alkanes of at least 4 members (excludes halogenated alkanes) is 20. The van der Waals surface area contributed by atoms with Gasteiger partial charge < -0.3 is 14.2 Å². The van der Waals surface area contributed by atoms with Gasteiger partial charge in [0.15, 0.2) is 6.10 Å². The van der Waals surface area contributed by atoms with Crippen LogP contribution in [0.25, 0.3) is 0 Å². The van der Waals surface area contributed by atoms with Crippen LogP contribution < -0.4 is 0 Å². The standard InChI is InChI=1S/C77H122O6/c1-4-7-10-13-16-19-22-25-28-31-32-33-34-35-36-37-38-39-40-41-42-43-44-47-49-52-55-58-61-64-67-70-76(79)82-73-74(83-77(80)71-68-65-62-59-56-53-50-46-30-27-24-21-18-15-12-9-6-3)72-81-75(78)69-66-63-60-57-54-51-48-45-29-26-23-20-17-14-11-8-5-2/h7,9-10,12,16,18-19,21,25-30,32-33,35-36,38-39,41-42,44,47,50,53,59,62,74H,4-6,8,11,13-15,17,20,22-24,31,34,37,40,43,45-46,48-49,51-52,54-58,60-61,63-73H2,1-3H3/b10-7-,12-9-,19-16-,21-18-,28-25-,29-26-,30-27-,33-32-,36-35-,39-38-,42-41-,47-44-,53-50-,62-59-. The number of rotatable bonds is 59. The Balaban J connectivity index is 4.45. The first kappa shape index (κ1) is 77.8. The predicted octanol–water partition coefficient (Wildman–Crippen LogP) is 23.4. The lowest BCUT2D eigenvalue weighted by molar-refractivity contribution is -0.167. The van der Waals surface area contributed by atoms with Crippen molar-refractivity contribution in [1.29, 1.82) is 0 Å². The van der Waals surface area contributed by atoms with Gasteiger partial charge in [-0.3, -0.25) is 14.4 Å². The molecule has 0 aliphatic rings. The Morgan fingerprint density at radius 3 is 0.783 bits per heavy atom. The molecule has 0 saturated heterocycles. The highest BCUT2D eigenvalue weighted by Gasteiger charge is 2.19. The van der Waals surface area contributed by atoms with Crippen LogP contribution >= 0.6 is 0 Å². The van der Waals surface area contributed by atoms with Crippen molar-refractivity contribution in [3.05, 3.63) is 170 Å². The van der Waals surface area contributed by atoms with Gasteiger partial charge in [0, 0.05) is 19.3 Å². The first-order valence-corrected chi connectivity index (χ1v) is 33.6. The van der Waals surface area contributed by atoms with Crippen LogP contribution in [0.1, 0.15) is 278 Å². The molecule has 0 aliphatic heterocycles. The van der Waals surface area contributed by atoms with Gasteiger partial charge in [0.25, 0.3) is 0 Å². The third-order valence-electron chi connectivity index (χ3n) is 13.7. The lowest BCUT2D eigenvalue weighted by atomic mass is 10.1. The third-order valence-corrected chi connectivity index (χ3v) is 13.7. The molecule has 0 heterocycles. The zero-order chi connectivity index (χ0) is 59.9. The van der Waals surface area contributed by atoms with E-state index in [0.29, 0.717) is 19.3 Å². The average Bonchev–Trinajstić information content (AvgIpc) is 3.49. The van der Waals surface area contributed by atoms with E-state index in [1.807, 2.05) is 0 Å². The Hall–Kier alpha value is -5.23. The minimum atomic E-state index is -0.826. The Morgan fingerprint density at radius 2 is 0.482 bits per heavy atom. The zero-order valence-electron chi connectivity index (χ0n) is 53.4. The Labute approximate surface area is 511 Å². The van der Waals surface area contributed by atoms with E-state index in [1.54, 1.807) is 0 Å². The molecule has 0 bridgehead atoms. The molecule has 0 aliphatic carbocycles. The van der Waals surface area contributed by atoms with Gasteiger partial charge in [-0.1, -0.05) is 281 Å². The van der Waals surface area contributed by atoms with Crippen molar-refractivity contribution >= 4 is 17.9 Å². The number of carbonyl (C=O) groups excluding carboxylic acids is 3. The van der Waals surface area contributed by atoms with Crippen molar-refractivity contribution in [3.63, 3.8) is 0 Å². The molecule has 6 nitrogen and oxygen atoms in total. The highest BCUT2D eigenvalue weighted by Crippen LogP contribution is 2.14. The van der Waals surface area contributed by atoms with Crippen molar-refractivity contribution < 1.29 is 28.6 Å². The van der Waals surface area contributed by atoms with Gasteiger partial charge in [-0.25, -0.2) is 0 Å². The van der Waals surface area contributed by atoms with E-state index >= 15 is 0 Å². The second kappa shape index (κ2) is 69.3. The first-order chi connectivity index (χ1) is 41.0. The van der Waals surface area contributed by atoms with Crippen molar-refractivity contribution in [2.24, 2.45) is 0 Å². The van der Waals surface area contributed by atoms with E-state index in [1.165, 1.54) is 89.9 Å².